The number of fused-ring (bicyclic) bond motifs is 6. The molecular formula is C53H60Cl2F6N12O4. The molecule has 77 heavy (non-hydrogen) atoms. The molecule has 4 aliphatic heterocycles. The quantitative estimate of drug-likeness (QED) is 0.145. The third-order valence-electron chi connectivity index (χ3n) is 14.5. The number of amides is 3. The fourth-order valence-electron chi connectivity index (χ4n) is 10.9. The number of hydrogen-bond donors (Lipinski definition) is 1. The van der Waals surface area contributed by atoms with Crippen molar-refractivity contribution in [2.45, 2.75) is 102 Å². The second kappa shape index (κ2) is 22.2. The number of nitrogens with zero attached hydrogens (tertiary/aromatic N) is 11. The molecule has 2 atom stereocenters. The average Bonchev–Trinajstić information content (AvgIpc) is 4.00. The molecule has 2 fully saturated rings. The van der Waals surface area contributed by atoms with E-state index >= 15 is 0 Å². The van der Waals surface area contributed by atoms with Crippen LogP contribution >= 0.6 is 23.2 Å². The minimum absolute atomic E-state index is 0.0297. The molecular weight excluding hydrogens is 1050 g/mol. The van der Waals surface area contributed by atoms with Gasteiger partial charge in [0.25, 0.3) is 0 Å². The summed E-state index contributed by atoms with van der Waals surface area (Å²) < 4.78 is 94.5. The molecule has 0 aliphatic carbocycles. The van der Waals surface area contributed by atoms with Gasteiger partial charge in [0.05, 0.1) is 35.2 Å². The summed E-state index contributed by atoms with van der Waals surface area (Å²) in [6.45, 7) is 8.41. The monoisotopic (exact) mass is 1110 g/mol. The number of likely N-dealkylation sites (tertiary alicyclic amines) is 1. The fourth-order valence-corrected chi connectivity index (χ4v) is 11.2. The Balaban J connectivity index is 0.000000191. The van der Waals surface area contributed by atoms with Gasteiger partial charge in [-0.05, 0) is 121 Å². The van der Waals surface area contributed by atoms with Crippen molar-refractivity contribution in [3.05, 3.63) is 106 Å². The Morgan fingerprint density at radius 1 is 0.636 bits per heavy atom. The van der Waals surface area contributed by atoms with Crippen molar-refractivity contribution in [2.24, 2.45) is 11.8 Å². The van der Waals surface area contributed by atoms with E-state index in [0.717, 1.165) is 63.9 Å². The number of hydrogen-bond acceptors (Lipinski definition) is 11. The van der Waals surface area contributed by atoms with Gasteiger partial charge in [-0.1, -0.05) is 47.5 Å². The van der Waals surface area contributed by atoms with Crippen LogP contribution in [0.4, 0.5) is 53.9 Å². The molecule has 24 heteroatoms. The highest BCUT2D eigenvalue weighted by atomic mass is 35.5. The largest absolute Gasteiger partial charge is 0.444 e. The number of carbonyl (C=O) groups is 3. The first-order valence-corrected chi connectivity index (χ1v) is 26.4. The molecule has 3 amide bonds. The number of anilines is 4. The minimum Gasteiger partial charge on any atom is -0.444 e. The number of ether oxygens (including phenoxy) is 1. The Morgan fingerprint density at radius 2 is 1.04 bits per heavy atom. The topological polar surface area (TPSA) is 149 Å². The summed E-state index contributed by atoms with van der Waals surface area (Å²) in [4.78, 5) is 54.6. The number of aromatic nitrogens is 6. The second-order valence-electron chi connectivity index (χ2n) is 20.9. The van der Waals surface area contributed by atoms with E-state index in [2.05, 4.69) is 25.5 Å². The van der Waals surface area contributed by atoms with Crippen LogP contribution in [-0.4, -0.2) is 133 Å². The molecule has 0 unspecified atom stereocenters. The first-order valence-electron chi connectivity index (χ1n) is 25.6. The molecule has 0 radical (unpaired) electrons. The maximum atomic E-state index is 14.4. The van der Waals surface area contributed by atoms with Crippen molar-refractivity contribution < 1.29 is 45.5 Å². The van der Waals surface area contributed by atoms with E-state index in [4.69, 9.17) is 27.9 Å². The molecule has 2 saturated heterocycles. The summed E-state index contributed by atoms with van der Waals surface area (Å²) in [6, 6.07) is 11.7. The summed E-state index contributed by atoms with van der Waals surface area (Å²) in [6.07, 6.45) is -1.43. The molecule has 16 nitrogen and oxygen atoms in total. The van der Waals surface area contributed by atoms with Crippen molar-refractivity contribution in [1.29, 1.82) is 0 Å². The number of nitrogens with one attached hydrogen (secondary N) is 1. The van der Waals surface area contributed by atoms with Crippen molar-refractivity contribution in [3.63, 3.8) is 0 Å². The lowest BCUT2D eigenvalue weighted by Gasteiger charge is -2.37. The standard InChI is InChI=1S/C29H34ClF3N6O3.C24H26ClF3N6O/c1-28(2,3)42-27(41)37-14-11-19(12-15-37)26(40)36(4)25(29(31,32)33)18-7-9-20(10-8-18)38-13-5-6-21-22(38)17-34-24-16-23(30)35-39(21)24;1-32(23(35)16-8-10-29-11-9-16)22(24(26,27)28)15-4-6-17(7-5-15)33-12-2-3-18-19(33)14-30-21-13-20(25)31-34(18)21/h7-10,16-17,19,25H,5-6,11-15H2,1-4H3;4-7,13-14,16,22,29H,2-3,8-12H2,1H3/t25-;22-/m00/s1. The number of benzene rings is 2. The van der Waals surface area contributed by atoms with Gasteiger partial charge in [0.2, 0.25) is 11.8 Å². The van der Waals surface area contributed by atoms with Crippen LogP contribution in [-0.2, 0) is 27.2 Å². The number of alkyl halides is 6. The number of halogens is 8. The van der Waals surface area contributed by atoms with Crippen molar-refractivity contribution in [2.75, 3.05) is 63.2 Å². The molecule has 0 bridgehead atoms. The second-order valence-corrected chi connectivity index (χ2v) is 21.7. The summed E-state index contributed by atoms with van der Waals surface area (Å²) in [7, 11) is 2.45. The van der Waals surface area contributed by atoms with Gasteiger partial charge in [0, 0.05) is 75.6 Å². The predicted molar refractivity (Wildman–Crippen MR) is 279 cm³/mol. The highest BCUT2D eigenvalue weighted by Crippen LogP contribution is 2.43. The lowest BCUT2D eigenvalue weighted by molar-refractivity contribution is -0.191. The molecule has 0 saturated carbocycles. The lowest BCUT2D eigenvalue weighted by Crippen LogP contribution is -2.47. The van der Waals surface area contributed by atoms with E-state index in [1.165, 1.54) is 43.3 Å². The molecule has 4 aromatic heterocycles. The first kappa shape index (κ1) is 55.4. The van der Waals surface area contributed by atoms with Gasteiger partial charge in [-0.2, -0.15) is 36.5 Å². The summed E-state index contributed by atoms with van der Waals surface area (Å²) in [5.41, 5.74) is 5.65. The fraction of sp³-hybridized carbons (Fsp3) is 0.491. The molecule has 8 heterocycles. The van der Waals surface area contributed by atoms with Crippen LogP contribution in [0.5, 0.6) is 0 Å². The van der Waals surface area contributed by atoms with Crippen molar-refractivity contribution in [3.8, 4) is 0 Å². The highest BCUT2D eigenvalue weighted by Gasteiger charge is 2.48. The average molecular weight is 1110 g/mol. The number of carbonyl (C=O) groups excluding carboxylic acids is 3. The van der Waals surface area contributed by atoms with Crippen molar-refractivity contribution >= 4 is 75.2 Å². The Kier molecular flexibility index (Phi) is 15.9. The predicted octanol–water partition coefficient (Wildman–Crippen LogP) is 10.7. The summed E-state index contributed by atoms with van der Waals surface area (Å²) in [5, 5.41) is 12.5. The van der Waals surface area contributed by atoms with E-state index in [-0.39, 0.29) is 37.1 Å². The first-order chi connectivity index (χ1) is 36.5. The van der Waals surface area contributed by atoms with Gasteiger partial charge in [-0.3, -0.25) is 9.59 Å². The number of piperidine rings is 2. The van der Waals surface area contributed by atoms with Gasteiger partial charge >= 0.3 is 18.4 Å². The Bertz CT molecular complexity index is 3100. The van der Waals surface area contributed by atoms with Gasteiger partial charge in [0.15, 0.2) is 33.7 Å². The van der Waals surface area contributed by atoms with E-state index in [1.54, 1.807) is 78.6 Å². The smallest absolute Gasteiger partial charge is 0.413 e. The van der Waals surface area contributed by atoms with Crippen LogP contribution in [0.1, 0.15) is 93.9 Å². The zero-order valence-electron chi connectivity index (χ0n) is 43.2. The molecule has 1 N–H and O–H groups in total. The third kappa shape index (κ3) is 12.0. The van der Waals surface area contributed by atoms with Gasteiger partial charge in [-0.25, -0.2) is 23.8 Å². The third-order valence-corrected chi connectivity index (χ3v) is 14.9. The number of rotatable bonds is 8. The van der Waals surface area contributed by atoms with Gasteiger partial charge in [-0.15, -0.1) is 0 Å². The molecule has 6 aromatic rings. The van der Waals surface area contributed by atoms with Crippen LogP contribution in [0, 0.1) is 11.8 Å². The Hall–Kier alpha value is -6.39. The van der Waals surface area contributed by atoms with Crippen molar-refractivity contribution in [1.82, 2.24) is 49.2 Å². The van der Waals surface area contributed by atoms with E-state index in [9.17, 15) is 40.7 Å². The zero-order chi connectivity index (χ0) is 55.1. The lowest BCUT2D eigenvalue weighted by atomic mass is 9.94. The van der Waals surface area contributed by atoms with Gasteiger partial charge < -0.3 is 34.6 Å². The van der Waals surface area contributed by atoms with Crippen LogP contribution in [0.15, 0.2) is 73.1 Å². The Morgan fingerprint density at radius 3 is 1.43 bits per heavy atom. The maximum Gasteiger partial charge on any atom is 0.413 e. The van der Waals surface area contributed by atoms with E-state index in [0.29, 0.717) is 66.3 Å². The Labute approximate surface area is 451 Å². The zero-order valence-corrected chi connectivity index (χ0v) is 44.7. The van der Waals surface area contributed by atoms with Crippen LogP contribution in [0.2, 0.25) is 10.3 Å². The minimum atomic E-state index is -4.68. The van der Waals surface area contributed by atoms with E-state index < -0.39 is 59.8 Å². The molecule has 0 spiro atoms. The number of aryl methyl sites for hydroxylation is 2. The molecule has 2 aromatic carbocycles. The van der Waals surface area contributed by atoms with Crippen LogP contribution in [0.3, 0.4) is 0 Å². The highest BCUT2D eigenvalue weighted by molar-refractivity contribution is 6.30. The van der Waals surface area contributed by atoms with E-state index in [1.807, 2.05) is 9.80 Å². The molecule has 412 valence electrons. The SMILES string of the molecule is CN(C(=O)C1CCN(C(=O)OC(C)(C)C)CC1)[C@@H](c1ccc(N2CCCc3c2cnc2cc(Cl)nn32)cc1)C(F)(F)F.CN(C(=O)C1CCNCC1)[C@@H](c1ccc(N2CCCc3c2cnc2cc(Cl)nn32)cc1)C(F)(F)F. The van der Waals surface area contributed by atoms with Crippen LogP contribution in [0.25, 0.3) is 11.3 Å². The molecule has 4 aliphatic rings. The normalized spacial score (nSPS) is 17.5. The van der Waals surface area contributed by atoms with Gasteiger partial charge in [0.1, 0.15) is 5.60 Å². The molecule has 10 rings (SSSR count). The summed E-state index contributed by atoms with van der Waals surface area (Å²) in [5.74, 6) is -2.07. The maximum absolute atomic E-state index is 14.4. The van der Waals surface area contributed by atoms with Crippen LogP contribution < -0.4 is 15.1 Å². The summed E-state index contributed by atoms with van der Waals surface area (Å²) >= 11 is 12.1.